The number of benzene rings is 1. The van der Waals surface area contributed by atoms with Crippen LogP contribution in [0.1, 0.15) is 28.8 Å². The van der Waals surface area contributed by atoms with Crippen molar-refractivity contribution in [2.24, 2.45) is 0 Å². The smallest absolute Gasteiger partial charge is 0.257 e. The van der Waals surface area contributed by atoms with Gasteiger partial charge in [-0.3, -0.25) is 9.20 Å². The van der Waals surface area contributed by atoms with Gasteiger partial charge in [0.05, 0.1) is 0 Å². The van der Waals surface area contributed by atoms with Crippen LogP contribution >= 0.6 is 0 Å². The Bertz CT molecular complexity index is 928. The minimum absolute atomic E-state index is 0.0925. The van der Waals surface area contributed by atoms with Gasteiger partial charge in [-0.2, -0.15) is 4.98 Å². The van der Waals surface area contributed by atoms with Gasteiger partial charge in [0, 0.05) is 49.9 Å². The van der Waals surface area contributed by atoms with E-state index in [-0.39, 0.29) is 5.91 Å². The van der Waals surface area contributed by atoms with Crippen molar-refractivity contribution in [1.82, 2.24) is 24.5 Å². The van der Waals surface area contributed by atoms with Crippen LogP contribution in [-0.2, 0) is 6.42 Å². The van der Waals surface area contributed by atoms with E-state index in [1.165, 1.54) is 0 Å². The van der Waals surface area contributed by atoms with Crippen LogP contribution < -0.4 is 4.90 Å². The first-order chi connectivity index (χ1) is 12.7. The second-order valence-corrected chi connectivity index (χ2v) is 6.51. The predicted octanol–water partition coefficient (Wildman–Crippen LogP) is 1.96. The monoisotopic (exact) mass is 350 g/mol. The summed E-state index contributed by atoms with van der Waals surface area (Å²) >= 11 is 0. The summed E-state index contributed by atoms with van der Waals surface area (Å²) in [6.07, 6.45) is 0.823. The average Bonchev–Trinajstić information content (AvgIpc) is 3.12. The zero-order valence-corrected chi connectivity index (χ0v) is 15.1. The molecule has 1 fully saturated rings. The van der Waals surface area contributed by atoms with Crippen molar-refractivity contribution < 1.29 is 4.79 Å². The topological polar surface area (TPSA) is 66.6 Å². The molecule has 7 nitrogen and oxygen atoms in total. The molecule has 0 bridgehead atoms. The molecule has 3 aromatic rings. The summed E-state index contributed by atoms with van der Waals surface area (Å²) in [5, 5.41) is 8.41. The standard InChI is InChI=1S/C19H22N6O/c1-3-16-21-22-19-20-17(13-14(2)25(16)19)23-9-11-24(12-10-23)18(26)15-7-5-4-6-8-15/h4-8,13H,3,9-12H2,1-2H3. The highest BCUT2D eigenvalue weighted by atomic mass is 16.2. The fraction of sp³-hybridized carbons (Fsp3) is 0.368. The van der Waals surface area contributed by atoms with Gasteiger partial charge in [0.15, 0.2) is 0 Å². The molecule has 7 heteroatoms. The summed E-state index contributed by atoms with van der Waals surface area (Å²) in [7, 11) is 0. The summed E-state index contributed by atoms with van der Waals surface area (Å²) < 4.78 is 2.00. The number of piperazine rings is 1. The lowest BCUT2D eigenvalue weighted by atomic mass is 10.2. The minimum Gasteiger partial charge on any atom is -0.353 e. The summed E-state index contributed by atoms with van der Waals surface area (Å²) in [4.78, 5) is 21.4. The second kappa shape index (κ2) is 6.74. The molecule has 0 atom stereocenters. The van der Waals surface area contributed by atoms with Crippen LogP contribution in [0.4, 0.5) is 5.82 Å². The Labute approximate surface area is 152 Å². The molecule has 0 spiro atoms. The third kappa shape index (κ3) is 2.89. The first kappa shape index (κ1) is 16.5. The first-order valence-corrected chi connectivity index (χ1v) is 8.98. The lowest BCUT2D eigenvalue weighted by molar-refractivity contribution is 0.0746. The van der Waals surface area contributed by atoms with E-state index in [2.05, 4.69) is 40.0 Å². The zero-order chi connectivity index (χ0) is 18.1. The Kier molecular flexibility index (Phi) is 4.28. The SMILES string of the molecule is CCc1nnc2nc(N3CCN(C(=O)c4ccccc4)CC3)cc(C)n12. The van der Waals surface area contributed by atoms with E-state index in [9.17, 15) is 4.79 Å². The van der Waals surface area contributed by atoms with Crippen LogP contribution in [0.2, 0.25) is 0 Å². The Morgan fingerprint density at radius 3 is 2.50 bits per heavy atom. The maximum atomic E-state index is 12.6. The van der Waals surface area contributed by atoms with E-state index >= 15 is 0 Å². The number of aromatic nitrogens is 4. The fourth-order valence-corrected chi connectivity index (χ4v) is 3.42. The fourth-order valence-electron chi connectivity index (χ4n) is 3.42. The highest BCUT2D eigenvalue weighted by Crippen LogP contribution is 2.19. The lowest BCUT2D eigenvalue weighted by Crippen LogP contribution is -2.49. The van der Waals surface area contributed by atoms with Crippen molar-refractivity contribution in [3.05, 3.63) is 53.5 Å². The Morgan fingerprint density at radius 1 is 1.08 bits per heavy atom. The number of rotatable bonds is 3. The molecule has 0 unspecified atom stereocenters. The van der Waals surface area contributed by atoms with Crippen LogP contribution in [0.15, 0.2) is 36.4 Å². The van der Waals surface area contributed by atoms with Gasteiger partial charge < -0.3 is 9.80 Å². The molecular formula is C19H22N6O. The minimum atomic E-state index is 0.0925. The molecule has 3 heterocycles. The van der Waals surface area contributed by atoms with E-state index in [4.69, 9.17) is 0 Å². The predicted molar refractivity (Wildman–Crippen MR) is 99.5 cm³/mol. The molecule has 2 aromatic heterocycles. The van der Waals surface area contributed by atoms with E-state index in [1.807, 2.05) is 39.6 Å². The van der Waals surface area contributed by atoms with Gasteiger partial charge in [-0.05, 0) is 19.1 Å². The van der Waals surface area contributed by atoms with Gasteiger partial charge in [0.1, 0.15) is 11.6 Å². The van der Waals surface area contributed by atoms with Crippen molar-refractivity contribution in [2.75, 3.05) is 31.1 Å². The maximum absolute atomic E-state index is 12.6. The molecule has 0 radical (unpaired) electrons. The highest BCUT2D eigenvalue weighted by Gasteiger charge is 2.23. The first-order valence-electron chi connectivity index (χ1n) is 8.98. The average molecular weight is 350 g/mol. The molecule has 26 heavy (non-hydrogen) atoms. The number of fused-ring (bicyclic) bond motifs is 1. The highest BCUT2D eigenvalue weighted by molar-refractivity contribution is 5.94. The third-order valence-electron chi connectivity index (χ3n) is 4.85. The molecule has 0 saturated carbocycles. The number of carbonyl (C=O) groups is 1. The van der Waals surface area contributed by atoms with Crippen LogP contribution in [0.3, 0.4) is 0 Å². The molecule has 1 amide bonds. The van der Waals surface area contributed by atoms with Crippen LogP contribution in [0.5, 0.6) is 0 Å². The van der Waals surface area contributed by atoms with Crippen molar-refractivity contribution >= 4 is 17.5 Å². The quantitative estimate of drug-likeness (QED) is 0.722. The maximum Gasteiger partial charge on any atom is 0.257 e. The summed E-state index contributed by atoms with van der Waals surface area (Å²) in [6, 6.07) is 11.5. The van der Waals surface area contributed by atoms with Gasteiger partial charge in [-0.15, -0.1) is 10.2 Å². The number of hydrogen-bond donors (Lipinski definition) is 0. The van der Waals surface area contributed by atoms with Gasteiger partial charge >= 0.3 is 0 Å². The van der Waals surface area contributed by atoms with Crippen LogP contribution in [-0.4, -0.2) is 56.6 Å². The number of carbonyl (C=O) groups excluding carboxylic acids is 1. The molecule has 1 aromatic carbocycles. The molecule has 4 rings (SSSR count). The van der Waals surface area contributed by atoms with E-state index in [0.29, 0.717) is 18.9 Å². The Balaban J connectivity index is 1.50. The molecule has 134 valence electrons. The van der Waals surface area contributed by atoms with Crippen molar-refractivity contribution in [2.45, 2.75) is 20.3 Å². The van der Waals surface area contributed by atoms with Crippen molar-refractivity contribution in [1.29, 1.82) is 0 Å². The van der Waals surface area contributed by atoms with E-state index in [0.717, 1.165) is 42.4 Å². The molecule has 0 aliphatic carbocycles. The zero-order valence-electron chi connectivity index (χ0n) is 15.1. The molecule has 0 N–H and O–H groups in total. The van der Waals surface area contributed by atoms with Gasteiger partial charge in [0.25, 0.3) is 11.7 Å². The molecule has 1 aliphatic rings. The third-order valence-corrected chi connectivity index (χ3v) is 4.85. The molecular weight excluding hydrogens is 328 g/mol. The largest absolute Gasteiger partial charge is 0.353 e. The summed E-state index contributed by atoms with van der Waals surface area (Å²) in [6.45, 7) is 7.01. The normalized spacial score (nSPS) is 14.8. The summed E-state index contributed by atoms with van der Waals surface area (Å²) in [5.74, 6) is 2.56. The number of aryl methyl sites for hydroxylation is 2. The molecule has 1 saturated heterocycles. The van der Waals surface area contributed by atoms with Crippen LogP contribution in [0.25, 0.3) is 5.78 Å². The van der Waals surface area contributed by atoms with Gasteiger partial charge in [0.2, 0.25) is 0 Å². The summed E-state index contributed by atoms with van der Waals surface area (Å²) in [5.41, 5.74) is 1.82. The van der Waals surface area contributed by atoms with E-state index < -0.39 is 0 Å². The van der Waals surface area contributed by atoms with Gasteiger partial charge in [-0.25, -0.2) is 0 Å². The second-order valence-electron chi connectivity index (χ2n) is 6.51. The van der Waals surface area contributed by atoms with Crippen LogP contribution in [0, 0.1) is 6.92 Å². The van der Waals surface area contributed by atoms with E-state index in [1.54, 1.807) is 0 Å². The van der Waals surface area contributed by atoms with Crippen molar-refractivity contribution in [3.8, 4) is 0 Å². The molecule has 1 aliphatic heterocycles. The Morgan fingerprint density at radius 2 is 1.81 bits per heavy atom. The lowest BCUT2D eigenvalue weighted by Gasteiger charge is -2.35. The number of amides is 1. The number of hydrogen-bond acceptors (Lipinski definition) is 5. The number of nitrogens with zero attached hydrogens (tertiary/aromatic N) is 6. The van der Waals surface area contributed by atoms with Gasteiger partial charge in [-0.1, -0.05) is 25.1 Å². The van der Waals surface area contributed by atoms with Crippen molar-refractivity contribution in [3.63, 3.8) is 0 Å². The number of anilines is 1. The Hall–Kier alpha value is -2.96.